The number of carbonyl (C=O) groups excluding carboxylic acids is 2. The van der Waals surface area contributed by atoms with Crippen LogP contribution in [0.5, 0.6) is 5.75 Å². The Morgan fingerprint density at radius 2 is 1.95 bits per heavy atom. The highest BCUT2D eigenvalue weighted by molar-refractivity contribution is 6.46. The second-order valence-corrected chi connectivity index (χ2v) is 9.40. The number of Topliss-reactive ketones (excluding diaryl/α,β-unsaturated/α-hetero) is 1. The van der Waals surface area contributed by atoms with Crippen molar-refractivity contribution in [3.63, 3.8) is 0 Å². The van der Waals surface area contributed by atoms with Gasteiger partial charge in [0.2, 0.25) is 0 Å². The van der Waals surface area contributed by atoms with Gasteiger partial charge in [0.15, 0.2) is 5.76 Å². The van der Waals surface area contributed by atoms with E-state index < -0.39 is 17.7 Å². The van der Waals surface area contributed by atoms with Gasteiger partial charge in [-0.25, -0.2) is 9.97 Å². The highest BCUT2D eigenvalue weighted by Crippen LogP contribution is 2.41. The number of ether oxygens (including phenoxy) is 1. The molecule has 0 spiro atoms. The molecule has 1 amide bonds. The van der Waals surface area contributed by atoms with E-state index in [9.17, 15) is 14.7 Å². The molecule has 1 fully saturated rings. The maximum absolute atomic E-state index is 13.5. The van der Waals surface area contributed by atoms with Gasteiger partial charge in [0.1, 0.15) is 17.1 Å². The zero-order valence-electron chi connectivity index (χ0n) is 21.6. The van der Waals surface area contributed by atoms with Crippen molar-refractivity contribution in [3.05, 3.63) is 89.9 Å². The summed E-state index contributed by atoms with van der Waals surface area (Å²) in [5.74, 6) is -0.923. The Hall–Kier alpha value is -4.40. The molecule has 5 rings (SSSR count). The van der Waals surface area contributed by atoms with Crippen LogP contribution in [0.25, 0.3) is 11.4 Å². The number of nitrogens with zero attached hydrogens (tertiary/aromatic N) is 5. The van der Waals surface area contributed by atoms with Crippen molar-refractivity contribution in [1.82, 2.24) is 23.8 Å². The molecule has 0 aliphatic carbocycles. The number of carbonyl (C=O) groups is 2. The highest BCUT2D eigenvalue weighted by atomic mass is 16.5. The first-order chi connectivity index (χ1) is 18.5. The third-order valence-corrected chi connectivity index (χ3v) is 6.78. The lowest BCUT2D eigenvalue weighted by Crippen LogP contribution is -2.31. The molecule has 1 unspecified atom stereocenters. The van der Waals surface area contributed by atoms with Crippen molar-refractivity contribution >= 4 is 23.1 Å². The first-order valence-corrected chi connectivity index (χ1v) is 12.9. The standard InChI is InChI=1S/C29H31N5O4/c1-3-4-17-38-22-10-7-9-21(18-22)26-24(27(35)25-20(2)31-23-11-5-6-14-33(23)25)28(36)29(37)34(26)15-8-13-32-16-12-30-19-32/h5-7,9-12,14,16,18-19,26,35H,3-4,8,13,15,17H2,1-2H3. The molecular weight excluding hydrogens is 482 g/mol. The maximum atomic E-state index is 13.5. The van der Waals surface area contributed by atoms with E-state index in [-0.39, 0.29) is 11.3 Å². The minimum absolute atomic E-state index is 0.0529. The highest BCUT2D eigenvalue weighted by Gasteiger charge is 2.46. The summed E-state index contributed by atoms with van der Waals surface area (Å²) in [5.41, 5.74) is 2.36. The molecule has 4 heterocycles. The van der Waals surface area contributed by atoms with Crippen molar-refractivity contribution in [1.29, 1.82) is 0 Å². The summed E-state index contributed by atoms with van der Waals surface area (Å²) < 4.78 is 9.58. The van der Waals surface area contributed by atoms with Gasteiger partial charge < -0.3 is 19.3 Å². The van der Waals surface area contributed by atoms with Gasteiger partial charge in [0.25, 0.3) is 11.7 Å². The SMILES string of the molecule is CCCCOc1cccc(C2C(=C(O)c3c(C)nc4ccccn34)C(=O)C(=O)N2CCCn2ccnc2)c1. The Balaban J connectivity index is 1.58. The zero-order valence-corrected chi connectivity index (χ0v) is 21.6. The number of likely N-dealkylation sites (tertiary alicyclic amines) is 1. The van der Waals surface area contributed by atoms with E-state index in [0.29, 0.717) is 54.5 Å². The summed E-state index contributed by atoms with van der Waals surface area (Å²) in [4.78, 5) is 37.0. The van der Waals surface area contributed by atoms with Crippen LogP contribution in [-0.4, -0.2) is 53.8 Å². The molecule has 0 saturated carbocycles. The van der Waals surface area contributed by atoms with Crippen LogP contribution < -0.4 is 4.74 Å². The second-order valence-electron chi connectivity index (χ2n) is 9.40. The largest absolute Gasteiger partial charge is 0.505 e. The first-order valence-electron chi connectivity index (χ1n) is 12.9. The average molecular weight is 514 g/mol. The summed E-state index contributed by atoms with van der Waals surface area (Å²) >= 11 is 0. The first kappa shape index (κ1) is 25.3. The predicted octanol–water partition coefficient (Wildman–Crippen LogP) is 4.53. The Kier molecular flexibility index (Phi) is 7.26. The fraction of sp³-hybridized carbons (Fsp3) is 0.310. The van der Waals surface area contributed by atoms with E-state index in [4.69, 9.17) is 4.74 Å². The van der Waals surface area contributed by atoms with Crippen molar-refractivity contribution in [2.75, 3.05) is 13.2 Å². The van der Waals surface area contributed by atoms with Crippen LogP contribution in [-0.2, 0) is 16.1 Å². The molecule has 1 atom stereocenters. The molecule has 4 aromatic rings. The lowest BCUT2D eigenvalue weighted by atomic mass is 9.96. The van der Waals surface area contributed by atoms with E-state index in [1.165, 1.54) is 0 Å². The summed E-state index contributed by atoms with van der Waals surface area (Å²) in [7, 11) is 0. The van der Waals surface area contributed by atoms with Crippen molar-refractivity contribution in [3.8, 4) is 5.75 Å². The number of hydrogen-bond acceptors (Lipinski definition) is 6. The number of hydrogen-bond donors (Lipinski definition) is 1. The fourth-order valence-electron chi connectivity index (χ4n) is 4.93. The molecule has 0 bridgehead atoms. The van der Waals surface area contributed by atoms with Gasteiger partial charge in [-0.3, -0.25) is 14.0 Å². The van der Waals surface area contributed by atoms with E-state index >= 15 is 0 Å². The van der Waals surface area contributed by atoms with E-state index in [0.717, 1.165) is 12.8 Å². The van der Waals surface area contributed by atoms with Crippen LogP contribution in [0.3, 0.4) is 0 Å². The molecule has 1 aromatic carbocycles. The van der Waals surface area contributed by atoms with E-state index in [1.54, 1.807) is 34.9 Å². The monoisotopic (exact) mass is 513 g/mol. The van der Waals surface area contributed by atoms with Crippen LogP contribution in [0.15, 0.2) is 73.0 Å². The minimum Gasteiger partial charge on any atom is -0.505 e. The van der Waals surface area contributed by atoms with Crippen LogP contribution >= 0.6 is 0 Å². The van der Waals surface area contributed by atoms with E-state index in [1.807, 2.05) is 53.2 Å². The fourth-order valence-corrected chi connectivity index (χ4v) is 4.93. The molecular formula is C29H31N5O4. The minimum atomic E-state index is -0.763. The van der Waals surface area contributed by atoms with Crippen LogP contribution in [0.2, 0.25) is 0 Å². The number of pyridine rings is 1. The molecule has 38 heavy (non-hydrogen) atoms. The summed E-state index contributed by atoms with van der Waals surface area (Å²) in [5, 5.41) is 11.6. The Morgan fingerprint density at radius 3 is 2.74 bits per heavy atom. The van der Waals surface area contributed by atoms with Crippen LogP contribution in [0.1, 0.15) is 49.2 Å². The number of aromatic nitrogens is 4. The molecule has 1 N–H and O–H groups in total. The lowest BCUT2D eigenvalue weighted by Gasteiger charge is -2.26. The third kappa shape index (κ3) is 4.79. The van der Waals surface area contributed by atoms with Gasteiger partial charge in [-0.05, 0) is 49.6 Å². The second kappa shape index (κ2) is 10.9. The quantitative estimate of drug-likeness (QED) is 0.145. The third-order valence-electron chi connectivity index (χ3n) is 6.78. The van der Waals surface area contributed by atoms with Crippen LogP contribution in [0, 0.1) is 6.92 Å². The Morgan fingerprint density at radius 1 is 1.08 bits per heavy atom. The normalized spacial score (nSPS) is 17.0. The van der Waals surface area contributed by atoms with E-state index in [2.05, 4.69) is 16.9 Å². The van der Waals surface area contributed by atoms with Gasteiger partial charge in [-0.15, -0.1) is 0 Å². The van der Waals surface area contributed by atoms with Crippen molar-refractivity contribution in [2.24, 2.45) is 0 Å². The number of unbranched alkanes of at least 4 members (excludes halogenated alkanes) is 1. The van der Waals surface area contributed by atoms with Crippen LogP contribution in [0.4, 0.5) is 0 Å². The Labute approximate surface area is 221 Å². The van der Waals surface area contributed by atoms with Gasteiger partial charge in [0.05, 0.1) is 30.2 Å². The number of imidazole rings is 2. The zero-order chi connectivity index (χ0) is 26.6. The average Bonchev–Trinajstić information content (AvgIpc) is 3.62. The predicted molar refractivity (Wildman–Crippen MR) is 143 cm³/mol. The molecule has 196 valence electrons. The summed E-state index contributed by atoms with van der Waals surface area (Å²) in [6, 6.07) is 12.2. The number of aryl methyl sites for hydroxylation is 2. The number of aliphatic hydroxyl groups is 1. The lowest BCUT2D eigenvalue weighted by molar-refractivity contribution is -0.139. The number of ketones is 1. The summed E-state index contributed by atoms with van der Waals surface area (Å²) in [6.07, 6.45) is 9.60. The number of amides is 1. The molecule has 3 aromatic heterocycles. The Bertz CT molecular complexity index is 1490. The molecule has 0 radical (unpaired) electrons. The van der Waals surface area contributed by atoms with Crippen molar-refractivity contribution < 1.29 is 19.4 Å². The smallest absolute Gasteiger partial charge is 0.295 e. The molecule has 9 heteroatoms. The van der Waals surface area contributed by atoms with Gasteiger partial charge in [-0.1, -0.05) is 31.5 Å². The molecule has 1 aliphatic rings. The number of fused-ring (bicyclic) bond motifs is 1. The maximum Gasteiger partial charge on any atom is 0.295 e. The van der Waals surface area contributed by atoms with Gasteiger partial charge in [0, 0.05) is 31.7 Å². The molecule has 9 nitrogen and oxygen atoms in total. The summed E-state index contributed by atoms with van der Waals surface area (Å²) in [6.45, 7) is 5.42. The topological polar surface area (TPSA) is 102 Å². The number of benzene rings is 1. The van der Waals surface area contributed by atoms with Gasteiger partial charge in [-0.2, -0.15) is 0 Å². The molecule has 1 aliphatic heterocycles. The molecule has 1 saturated heterocycles. The van der Waals surface area contributed by atoms with Gasteiger partial charge >= 0.3 is 0 Å². The number of aliphatic hydroxyl groups excluding tert-OH is 1. The number of rotatable bonds is 10. The van der Waals surface area contributed by atoms with Crippen molar-refractivity contribution in [2.45, 2.75) is 45.7 Å².